The number of H-pyrrole nitrogens is 1. The van der Waals surface area contributed by atoms with Crippen LogP contribution in [-0.4, -0.2) is 93.0 Å². The number of nitrogens with zero attached hydrogens (tertiary/aromatic N) is 1. The van der Waals surface area contributed by atoms with Crippen LogP contribution in [0.2, 0.25) is 0 Å². The zero-order valence-corrected chi connectivity index (χ0v) is 36.9. The Morgan fingerprint density at radius 2 is 1.51 bits per heavy atom. The van der Waals surface area contributed by atoms with Crippen LogP contribution in [0.3, 0.4) is 0 Å². The molecule has 1 aliphatic carbocycles. The van der Waals surface area contributed by atoms with Gasteiger partial charge in [0.05, 0.1) is 18.2 Å². The molecule has 15 heteroatoms. The lowest BCUT2D eigenvalue weighted by atomic mass is 9.86. The van der Waals surface area contributed by atoms with E-state index in [2.05, 4.69) is 38.0 Å². The van der Waals surface area contributed by atoms with Gasteiger partial charge in [-0.2, -0.15) is 0 Å². The van der Waals surface area contributed by atoms with Crippen LogP contribution in [0.5, 0.6) is 17.2 Å². The summed E-state index contributed by atoms with van der Waals surface area (Å²) < 4.78 is 11.7. The van der Waals surface area contributed by atoms with Gasteiger partial charge in [0.15, 0.2) is 6.61 Å². The van der Waals surface area contributed by atoms with Crippen LogP contribution in [0.25, 0.3) is 10.9 Å². The Kier molecular flexibility index (Phi) is 14.6. The number of ether oxygens (including phenoxy) is 2. The average molecular weight is 910 g/mol. The topological polar surface area (TPSA) is 223 Å². The minimum absolute atomic E-state index is 0.0994. The van der Waals surface area contributed by atoms with Crippen LogP contribution in [0.15, 0.2) is 132 Å². The third-order valence-corrected chi connectivity index (χ3v) is 12.6. The summed E-state index contributed by atoms with van der Waals surface area (Å²) in [4.78, 5) is 56.5. The summed E-state index contributed by atoms with van der Waals surface area (Å²) in [5.74, 6) is -1.29. The van der Waals surface area contributed by atoms with Crippen molar-refractivity contribution in [3.63, 3.8) is 0 Å². The standard InChI is InChI=1S/C52H55N5O10/c58-44-18-16-42(43-17-19-47(61)56-49(43)44)46(60)29-53-28-36-15-14-35(24-45(36)59)50(63)55-40-26-39(27-40)54-48(62)32-66-41-13-7-12-38(25-41)52(65,37-10-5-2-6-11-37)51(64)67-31-34-20-22-57(23-21-34)30-33-8-3-1-4-9-33/h1-19,24-25,34,39-40,46,53,58-60,65H,20-23,26-32H2,(H,54,62)(H,55,63)(H,56,61)/t39-,40-,46-,52-/m0/s1. The number of carbonyl (C=O) groups is 3. The van der Waals surface area contributed by atoms with E-state index in [1.54, 1.807) is 66.7 Å². The van der Waals surface area contributed by atoms with Crippen LogP contribution in [0.1, 0.15) is 70.0 Å². The molecule has 348 valence electrons. The minimum atomic E-state index is -2.12. The number of aromatic amines is 1. The molecule has 8 rings (SSSR count). The summed E-state index contributed by atoms with van der Waals surface area (Å²) in [6, 6.07) is 35.4. The van der Waals surface area contributed by atoms with E-state index in [1.807, 2.05) is 18.2 Å². The number of piperidine rings is 1. The highest BCUT2D eigenvalue weighted by Crippen LogP contribution is 2.34. The zero-order chi connectivity index (χ0) is 46.9. The SMILES string of the molecule is O=C(COc1cccc([C@](O)(C(=O)OCC2CCN(Cc3ccccc3)CC2)c2ccccc2)c1)N[C@H]1C[C@H](NC(=O)c2ccc(CNC[C@H](O)c3ccc(O)c4[nH]c(=O)ccc34)c(O)c2)C1. The van der Waals surface area contributed by atoms with Crippen LogP contribution in [0.4, 0.5) is 0 Å². The van der Waals surface area contributed by atoms with Crippen molar-refractivity contribution >= 4 is 28.7 Å². The third-order valence-electron chi connectivity index (χ3n) is 12.6. The summed E-state index contributed by atoms with van der Waals surface area (Å²) in [5.41, 5.74) is 0.863. The maximum atomic E-state index is 13.8. The normalized spacial score (nSPS) is 17.7. The van der Waals surface area contributed by atoms with E-state index in [0.29, 0.717) is 34.9 Å². The first kappa shape index (κ1) is 46.5. The molecule has 5 aromatic carbocycles. The Morgan fingerprint density at radius 3 is 2.25 bits per heavy atom. The van der Waals surface area contributed by atoms with Crippen molar-refractivity contribution in [1.82, 2.24) is 25.8 Å². The maximum Gasteiger partial charge on any atom is 0.347 e. The van der Waals surface area contributed by atoms with Gasteiger partial charge in [-0.15, -0.1) is 0 Å². The van der Waals surface area contributed by atoms with E-state index in [-0.39, 0.29) is 95.6 Å². The number of aliphatic hydroxyl groups excluding tert-OH is 1. The second kappa shape index (κ2) is 21.1. The first-order chi connectivity index (χ1) is 32.4. The van der Waals surface area contributed by atoms with Gasteiger partial charge in [0.25, 0.3) is 11.8 Å². The van der Waals surface area contributed by atoms with E-state index in [4.69, 9.17) is 9.47 Å². The first-order valence-corrected chi connectivity index (χ1v) is 22.5. The number of carbonyl (C=O) groups excluding carboxylic acids is 3. The van der Waals surface area contributed by atoms with Crippen LogP contribution < -0.4 is 26.2 Å². The molecule has 2 heterocycles. The number of rotatable bonds is 18. The molecule has 1 aliphatic heterocycles. The van der Waals surface area contributed by atoms with E-state index in [0.717, 1.165) is 32.5 Å². The zero-order valence-electron chi connectivity index (χ0n) is 36.9. The summed E-state index contributed by atoms with van der Waals surface area (Å²) in [7, 11) is 0. The van der Waals surface area contributed by atoms with Gasteiger partial charge in [-0.3, -0.25) is 19.3 Å². The quantitative estimate of drug-likeness (QED) is 0.0540. The summed E-state index contributed by atoms with van der Waals surface area (Å²) in [5, 5.41) is 53.3. The number of fused-ring (bicyclic) bond motifs is 1. The van der Waals surface area contributed by atoms with Gasteiger partial charge in [-0.1, -0.05) is 84.9 Å². The number of phenolic OH excluding ortho intramolecular Hbond substituents is 2. The van der Waals surface area contributed by atoms with Crippen molar-refractivity contribution in [2.45, 2.75) is 62.6 Å². The fourth-order valence-electron chi connectivity index (χ4n) is 8.74. The summed E-state index contributed by atoms with van der Waals surface area (Å²) in [6.07, 6.45) is 1.75. The second-order valence-electron chi connectivity index (χ2n) is 17.4. The first-order valence-electron chi connectivity index (χ1n) is 22.5. The molecule has 2 atom stereocenters. The van der Waals surface area contributed by atoms with Gasteiger partial charge in [0, 0.05) is 59.9 Å². The number of aromatic hydroxyl groups is 2. The van der Waals surface area contributed by atoms with Crippen molar-refractivity contribution in [1.29, 1.82) is 0 Å². The highest BCUT2D eigenvalue weighted by Gasteiger charge is 2.42. The van der Waals surface area contributed by atoms with Crippen molar-refractivity contribution < 1.29 is 44.3 Å². The van der Waals surface area contributed by atoms with E-state index >= 15 is 0 Å². The molecule has 0 spiro atoms. The Bertz CT molecular complexity index is 2740. The average Bonchev–Trinajstić information content (AvgIpc) is 3.33. The fraction of sp³-hybridized carbons (Fsp3) is 0.308. The number of phenols is 2. The molecule has 0 radical (unpaired) electrons. The number of esters is 1. The second-order valence-corrected chi connectivity index (χ2v) is 17.4. The Labute approximate surface area is 387 Å². The van der Waals surface area contributed by atoms with Gasteiger partial charge in [0.2, 0.25) is 11.2 Å². The monoisotopic (exact) mass is 909 g/mol. The maximum absolute atomic E-state index is 13.8. The Balaban J connectivity index is 0.773. The molecule has 1 saturated carbocycles. The number of pyridine rings is 1. The van der Waals surface area contributed by atoms with E-state index in [1.165, 1.54) is 35.9 Å². The highest BCUT2D eigenvalue weighted by atomic mass is 16.6. The highest BCUT2D eigenvalue weighted by molar-refractivity contribution is 5.95. The van der Waals surface area contributed by atoms with Gasteiger partial charge in [-0.05, 0) is 97.8 Å². The number of benzene rings is 5. The predicted molar refractivity (Wildman–Crippen MR) is 250 cm³/mol. The molecule has 1 aromatic heterocycles. The molecule has 2 aliphatic rings. The lowest BCUT2D eigenvalue weighted by Crippen LogP contribution is -2.54. The molecule has 0 bridgehead atoms. The molecular formula is C52H55N5O10. The summed E-state index contributed by atoms with van der Waals surface area (Å²) in [6.45, 7) is 2.82. The predicted octanol–water partition coefficient (Wildman–Crippen LogP) is 4.91. The van der Waals surface area contributed by atoms with Crippen molar-refractivity contribution in [3.8, 4) is 17.2 Å². The minimum Gasteiger partial charge on any atom is -0.508 e. The molecule has 2 fully saturated rings. The van der Waals surface area contributed by atoms with Gasteiger partial charge >= 0.3 is 5.97 Å². The van der Waals surface area contributed by atoms with Gasteiger partial charge in [-0.25, -0.2) is 4.79 Å². The molecular weight excluding hydrogens is 855 g/mol. The van der Waals surface area contributed by atoms with Gasteiger partial charge < -0.3 is 50.8 Å². The number of amides is 2. The molecule has 0 unspecified atom stereocenters. The Hall–Kier alpha value is -7.04. The number of hydrogen-bond donors (Lipinski definition) is 8. The molecule has 2 amide bonds. The molecule has 67 heavy (non-hydrogen) atoms. The fourth-order valence-corrected chi connectivity index (χ4v) is 8.74. The van der Waals surface area contributed by atoms with Crippen molar-refractivity contribution in [2.24, 2.45) is 5.92 Å². The van der Waals surface area contributed by atoms with Crippen LogP contribution in [-0.2, 0) is 33.0 Å². The smallest absolute Gasteiger partial charge is 0.347 e. The molecule has 6 aromatic rings. The van der Waals surface area contributed by atoms with Crippen LogP contribution in [0, 0.1) is 5.92 Å². The van der Waals surface area contributed by atoms with Crippen molar-refractivity contribution in [3.05, 3.63) is 171 Å². The number of likely N-dealkylation sites (tertiary alicyclic amines) is 1. The molecule has 8 N–H and O–H groups in total. The Morgan fingerprint density at radius 1 is 0.791 bits per heavy atom. The molecule has 1 saturated heterocycles. The summed E-state index contributed by atoms with van der Waals surface area (Å²) >= 11 is 0. The number of nitrogens with one attached hydrogen (secondary N) is 4. The van der Waals surface area contributed by atoms with E-state index < -0.39 is 17.7 Å². The lowest BCUT2D eigenvalue weighted by Gasteiger charge is -2.36. The largest absolute Gasteiger partial charge is 0.508 e. The number of hydrogen-bond acceptors (Lipinski definition) is 12. The van der Waals surface area contributed by atoms with Crippen molar-refractivity contribution in [2.75, 3.05) is 32.8 Å². The van der Waals surface area contributed by atoms with Gasteiger partial charge in [0.1, 0.15) is 17.2 Å². The molecule has 15 nitrogen and oxygen atoms in total. The third kappa shape index (κ3) is 11.3. The number of aromatic nitrogens is 1. The van der Waals surface area contributed by atoms with E-state index in [9.17, 15) is 39.6 Å². The van der Waals surface area contributed by atoms with Crippen LogP contribution >= 0.6 is 0 Å². The number of aliphatic hydroxyl groups is 2. The lowest BCUT2D eigenvalue weighted by molar-refractivity contribution is -0.164.